The van der Waals surface area contributed by atoms with E-state index in [-0.39, 0.29) is 5.69 Å². The van der Waals surface area contributed by atoms with E-state index in [1.165, 1.54) is 20.3 Å². The number of rotatable bonds is 5. The lowest BCUT2D eigenvalue weighted by Gasteiger charge is -2.12. The first kappa shape index (κ1) is 19.3. The molecule has 4 rings (SSSR count). The van der Waals surface area contributed by atoms with Crippen molar-refractivity contribution in [1.29, 1.82) is 0 Å². The quantitative estimate of drug-likeness (QED) is 0.539. The minimum atomic E-state index is -0.956. The smallest absolute Gasteiger partial charge is 0.261 e. The van der Waals surface area contributed by atoms with Gasteiger partial charge in [-0.15, -0.1) is 5.10 Å². The zero-order chi connectivity index (χ0) is 21.3. The number of anilines is 1. The highest BCUT2D eigenvalue weighted by atomic mass is 19.1. The fourth-order valence-corrected chi connectivity index (χ4v) is 2.98. The lowest BCUT2D eigenvalue weighted by Crippen LogP contribution is -2.16. The molecule has 0 saturated carbocycles. The summed E-state index contributed by atoms with van der Waals surface area (Å²) in [5.74, 6) is -2.08. The summed E-state index contributed by atoms with van der Waals surface area (Å²) in [5.41, 5.74) is 1.38. The van der Waals surface area contributed by atoms with Crippen LogP contribution in [0.1, 0.15) is 10.4 Å². The molecule has 0 atom stereocenters. The van der Waals surface area contributed by atoms with Gasteiger partial charge in [-0.3, -0.25) is 4.79 Å². The third kappa shape index (κ3) is 3.52. The second-order valence-electron chi connectivity index (χ2n) is 6.27. The highest BCUT2D eigenvalue weighted by Gasteiger charge is 2.19. The molecule has 2 aromatic heterocycles. The van der Waals surface area contributed by atoms with E-state index in [1.807, 2.05) is 0 Å². The number of hydrogen-bond acceptors (Lipinski definition) is 5. The number of amides is 1. The van der Waals surface area contributed by atoms with Crippen molar-refractivity contribution in [2.45, 2.75) is 0 Å². The predicted octanol–water partition coefficient (Wildman–Crippen LogP) is 3.94. The van der Waals surface area contributed by atoms with E-state index in [0.29, 0.717) is 28.5 Å². The summed E-state index contributed by atoms with van der Waals surface area (Å²) in [7, 11) is 2.94. The monoisotopic (exact) mass is 410 g/mol. The number of halogens is 2. The fraction of sp³-hybridized carbons (Fsp3) is 0.0952. The molecule has 0 bridgehead atoms. The molecule has 152 valence electrons. The number of ether oxygens (including phenoxy) is 2. The molecule has 0 radical (unpaired) electrons. The Morgan fingerprint density at radius 1 is 1.03 bits per heavy atom. The Balaban J connectivity index is 1.71. The standard InChI is InChI=1S/C21H16F2N4O3/c1-29-17-7-6-12(16-11-27-18(24-16)8-9-19(26-27)30-2)10-15(17)25-21(28)20-13(22)4-3-5-14(20)23/h3-11H,1-2H3,(H,25,28). The third-order valence-corrected chi connectivity index (χ3v) is 4.44. The van der Waals surface area contributed by atoms with Crippen LogP contribution in [0.5, 0.6) is 11.6 Å². The van der Waals surface area contributed by atoms with Crippen LogP contribution in [-0.4, -0.2) is 34.7 Å². The maximum Gasteiger partial charge on any atom is 0.261 e. The first-order valence-electron chi connectivity index (χ1n) is 8.84. The van der Waals surface area contributed by atoms with Gasteiger partial charge in [-0.2, -0.15) is 0 Å². The largest absolute Gasteiger partial charge is 0.495 e. The van der Waals surface area contributed by atoms with Gasteiger partial charge in [0.25, 0.3) is 5.91 Å². The third-order valence-electron chi connectivity index (χ3n) is 4.44. The van der Waals surface area contributed by atoms with Crippen LogP contribution in [-0.2, 0) is 0 Å². The molecular formula is C21H16F2N4O3. The van der Waals surface area contributed by atoms with Gasteiger partial charge in [-0.1, -0.05) is 6.07 Å². The van der Waals surface area contributed by atoms with Crippen LogP contribution < -0.4 is 14.8 Å². The minimum Gasteiger partial charge on any atom is -0.495 e. The lowest BCUT2D eigenvalue weighted by atomic mass is 10.1. The van der Waals surface area contributed by atoms with E-state index in [9.17, 15) is 13.6 Å². The van der Waals surface area contributed by atoms with Crippen LogP contribution in [0.2, 0.25) is 0 Å². The Bertz CT molecular complexity index is 1240. The van der Waals surface area contributed by atoms with Gasteiger partial charge in [0, 0.05) is 11.6 Å². The van der Waals surface area contributed by atoms with Gasteiger partial charge in [-0.25, -0.2) is 18.3 Å². The molecule has 30 heavy (non-hydrogen) atoms. The summed E-state index contributed by atoms with van der Waals surface area (Å²) in [5, 5.41) is 6.77. The number of carbonyl (C=O) groups is 1. The number of benzene rings is 2. The number of aromatic nitrogens is 3. The second-order valence-corrected chi connectivity index (χ2v) is 6.27. The Kier molecular flexibility index (Phi) is 5.01. The van der Waals surface area contributed by atoms with Crippen molar-refractivity contribution in [3.8, 4) is 22.9 Å². The Labute approximate surface area is 169 Å². The van der Waals surface area contributed by atoms with Crippen LogP contribution in [0.25, 0.3) is 16.9 Å². The fourth-order valence-electron chi connectivity index (χ4n) is 2.98. The average molecular weight is 410 g/mol. The summed E-state index contributed by atoms with van der Waals surface area (Å²) in [6.07, 6.45) is 1.70. The predicted molar refractivity (Wildman–Crippen MR) is 106 cm³/mol. The number of nitrogens with one attached hydrogen (secondary N) is 1. The van der Waals surface area contributed by atoms with Crippen LogP contribution in [0, 0.1) is 11.6 Å². The van der Waals surface area contributed by atoms with Crippen molar-refractivity contribution in [3.05, 3.63) is 71.9 Å². The topological polar surface area (TPSA) is 77.8 Å². The maximum atomic E-state index is 13.9. The first-order chi connectivity index (χ1) is 14.5. The molecule has 4 aromatic rings. The summed E-state index contributed by atoms with van der Waals surface area (Å²) in [6.45, 7) is 0. The van der Waals surface area contributed by atoms with Crippen molar-refractivity contribution >= 4 is 17.2 Å². The van der Waals surface area contributed by atoms with E-state index in [4.69, 9.17) is 9.47 Å². The van der Waals surface area contributed by atoms with Crippen LogP contribution in [0.4, 0.5) is 14.5 Å². The Morgan fingerprint density at radius 2 is 1.80 bits per heavy atom. The number of methoxy groups -OCH3 is 2. The Morgan fingerprint density at radius 3 is 2.50 bits per heavy atom. The second kappa shape index (κ2) is 7.78. The molecule has 1 amide bonds. The molecule has 0 aliphatic carbocycles. The number of fused-ring (bicyclic) bond motifs is 1. The number of imidazole rings is 1. The van der Waals surface area contributed by atoms with E-state index >= 15 is 0 Å². The molecule has 2 aromatic carbocycles. The molecule has 0 saturated heterocycles. The molecule has 7 nitrogen and oxygen atoms in total. The van der Waals surface area contributed by atoms with Crippen molar-refractivity contribution in [2.75, 3.05) is 19.5 Å². The molecule has 2 heterocycles. The molecule has 0 aliphatic rings. The molecule has 9 heteroatoms. The van der Waals surface area contributed by atoms with E-state index in [2.05, 4.69) is 15.4 Å². The van der Waals surface area contributed by atoms with Crippen molar-refractivity contribution in [3.63, 3.8) is 0 Å². The molecule has 1 N–H and O–H groups in total. The highest BCUT2D eigenvalue weighted by molar-refractivity contribution is 6.05. The zero-order valence-electron chi connectivity index (χ0n) is 16.0. The molecular weight excluding hydrogens is 394 g/mol. The average Bonchev–Trinajstić information content (AvgIpc) is 3.16. The van der Waals surface area contributed by atoms with E-state index in [0.717, 1.165) is 12.1 Å². The van der Waals surface area contributed by atoms with Gasteiger partial charge in [0.1, 0.15) is 22.9 Å². The molecule has 0 fully saturated rings. The van der Waals surface area contributed by atoms with Crippen LogP contribution in [0.3, 0.4) is 0 Å². The van der Waals surface area contributed by atoms with E-state index in [1.54, 1.807) is 41.0 Å². The van der Waals surface area contributed by atoms with Gasteiger partial charge in [-0.05, 0) is 36.4 Å². The van der Waals surface area contributed by atoms with Crippen molar-refractivity contribution < 1.29 is 23.0 Å². The van der Waals surface area contributed by atoms with Crippen molar-refractivity contribution in [1.82, 2.24) is 14.6 Å². The summed E-state index contributed by atoms with van der Waals surface area (Å²) in [4.78, 5) is 17.0. The SMILES string of the molecule is COc1ccc2nc(-c3ccc(OC)c(NC(=O)c4c(F)cccc4F)c3)cn2n1. The maximum absolute atomic E-state index is 13.9. The number of carbonyl (C=O) groups excluding carboxylic acids is 1. The summed E-state index contributed by atoms with van der Waals surface area (Å²) in [6, 6.07) is 11.6. The lowest BCUT2D eigenvalue weighted by molar-refractivity contribution is 0.101. The molecule has 0 spiro atoms. The van der Waals surface area contributed by atoms with E-state index < -0.39 is 23.1 Å². The number of hydrogen-bond donors (Lipinski definition) is 1. The van der Waals surface area contributed by atoms with Gasteiger partial charge in [0.15, 0.2) is 5.65 Å². The Hall–Kier alpha value is -4.01. The summed E-state index contributed by atoms with van der Waals surface area (Å²) < 4.78 is 39.8. The van der Waals surface area contributed by atoms with Gasteiger partial charge >= 0.3 is 0 Å². The van der Waals surface area contributed by atoms with Crippen LogP contribution >= 0.6 is 0 Å². The van der Waals surface area contributed by atoms with Crippen LogP contribution in [0.15, 0.2) is 54.7 Å². The van der Waals surface area contributed by atoms with Gasteiger partial charge < -0.3 is 14.8 Å². The molecule has 0 unspecified atom stereocenters. The summed E-state index contributed by atoms with van der Waals surface area (Å²) >= 11 is 0. The molecule has 0 aliphatic heterocycles. The first-order valence-corrected chi connectivity index (χ1v) is 8.84. The normalized spacial score (nSPS) is 10.8. The van der Waals surface area contributed by atoms with Gasteiger partial charge in [0.2, 0.25) is 5.88 Å². The zero-order valence-corrected chi connectivity index (χ0v) is 16.0. The minimum absolute atomic E-state index is 0.241. The highest BCUT2D eigenvalue weighted by Crippen LogP contribution is 2.31. The van der Waals surface area contributed by atoms with Crippen molar-refractivity contribution in [2.24, 2.45) is 0 Å². The number of nitrogens with zero attached hydrogens (tertiary/aromatic N) is 3. The van der Waals surface area contributed by atoms with Gasteiger partial charge in [0.05, 0.1) is 31.8 Å².